The van der Waals surface area contributed by atoms with E-state index in [4.69, 9.17) is 0 Å². The highest BCUT2D eigenvalue weighted by atomic mass is 19.1. The first-order valence-corrected chi connectivity index (χ1v) is 7.69. The maximum atomic E-state index is 13.0. The number of aliphatic hydroxyl groups is 1. The summed E-state index contributed by atoms with van der Waals surface area (Å²) in [7, 11) is 0. The van der Waals surface area contributed by atoms with Gasteiger partial charge in [-0.05, 0) is 63.3 Å². The third-order valence-electron chi connectivity index (χ3n) is 4.50. The number of aromatic nitrogens is 1. The zero-order chi connectivity index (χ0) is 15.0. The highest BCUT2D eigenvalue weighted by Crippen LogP contribution is 2.34. The number of rotatable bonds is 3. The van der Waals surface area contributed by atoms with Gasteiger partial charge in [0.25, 0.3) is 0 Å². The van der Waals surface area contributed by atoms with Gasteiger partial charge in [0.15, 0.2) is 0 Å². The summed E-state index contributed by atoms with van der Waals surface area (Å²) >= 11 is 0. The molecule has 0 saturated carbocycles. The van der Waals surface area contributed by atoms with E-state index in [0.717, 1.165) is 36.8 Å². The Morgan fingerprint density at radius 2 is 2.05 bits per heavy atom. The van der Waals surface area contributed by atoms with Gasteiger partial charge in [0.1, 0.15) is 5.82 Å². The lowest BCUT2D eigenvalue weighted by atomic mass is 9.95. The molecule has 112 valence electrons. The number of aliphatic hydroxyl groups excluding tert-OH is 1. The molecule has 1 N–H and O–H groups in total. The van der Waals surface area contributed by atoms with E-state index in [1.165, 1.54) is 23.5 Å². The van der Waals surface area contributed by atoms with Gasteiger partial charge in [0.2, 0.25) is 0 Å². The quantitative estimate of drug-likeness (QED) is 0.903. The van der Waals surface area contributed by atoms with Crippen LogP contribution in [-0.4, -0.2) is 9.67 Å². The standard InChI is InChI=1S/C18H22FNO/c1-12(10-14-6-8-15(19)9-7-14)20-13(2)11-16-17(20)4-3-5-18(16)21/h6-9,11-12,18,21H,3-5,10H2,1-2H3. The van der Waals surface area contributed by atoms with Crippen LogP contribution in [0.5, 0.6) is 0 Å². The number of aryl methyl sites for hydroxylation is 1. The zero-order valence-corrected chi connectivity index (χ0v) is 12.6. The summed E-state index contributed by atoms with van der Waals surface area (Å²) in [5, 5.41) is 10.1. The van der Waals surface area contributed by atoms with Crippen molar-refractivity contribution < 1.29 is 9.50 Å². The lowest BCUT2D eigenvalue weighted by Gasteiger charge is -2.24. The summed E-state index contributed by atoms with van der Waals surface area (Å²) in [6.45, 7) is 4.30. The fourth-order valence-corrected chi connectivity index (χ4v) is 3.57. The van der Waals surface area contributed by atoms with Gasteiger partial charge in [-0.1, -0.05) is 12.1 Å². The first kappa shape index (κ1) is 14.3. The third-order valence-corrected chi connectivity index (χ3v) is 4.50. The molecule has 1 aliphatic rings. The maximum absolute atomic E-state index is 13.0. The van der Waals surface area contributed by atoms with Crippen LogP contribution in [0.25, 0.3) is 0 Å². The van der Waals surface area contributed by atoms with Crippen molar-refractivity contribution in [2.24, 2.45) is 0 Å². The molecule has 0 bridgehead atoms. The molecule has 1 aliphatic carbocycles. The number of hydrogen-bond donors (Lipinski definition) is 1. The Hall–Kier alpha value is -1.61. The van der Waals surface area contributed by atoms with E-state index in [0.29, 0.717) is 6.04 Å². The summed E-state index contributed by atoms with van der Waals surface area (Å²) in [4.78, 5) is 0. The molecule has 2 atom stereocenters. The number of halogens is 1. The monoisotopic (exact) mass is 287 g/mol. The molecule has 0 spiro atoms. The summed E-state index contributed by atoms with van der Waals surface area (Å²) in [6.07, 6.45) is 3.50. The Morgan fingerprint density at radius 3 is 2.76 bits per heavy atom. The predicted octanol–water partition coefficient (Wildman–Crippen LogP) is 4.11. The molecular formula is C18H22FNO. The lowest BCUT2D eigenvalue weighted by Crippen LogP contribution is -2.17. The largest absolute Gasteiger partial charge is 0.388 e. The topological polar surface area (TPSA) is 25.2 Å². The molecule has 0 radical (unpaired) electrons. The highest BCUT2D eigenvalue weighted by molar-refractivity contribution is 5.32. The molecule has 0 saturated heterocycles. The molecule has 0 fully saturated rings. The van der Waals surface area contributed by atoms with Crippen LogP contribution in [0.2, 0.25) is 0 Å². The molecule has 1 aromatic heterocycles. The minimum absolute atomic E-state index is 0.191. The molecule has 1 heterocycles. The van der Waals surface area contributed by atoms with E-state index in [2.05, 4.69) is 24.5 Å². The summed E-state index contributed by atoms with van der Waals surface area (Å²) in [5.74, 6) is -0.191. The van der Waals surface area contributed by atoms with Gasteiger partial charge >= 0.3 is 0 Å². The molecular weight excluding hydrogens is 265 g/mol. The van der Waals surface area contributed by atoms with Crippen molar-refractivity contribution in [1.29, 1.82) is 0 Å². The van der Waals surface area contributed by atoms with Crippen LogP contribution in [0.4, 0.5) is 4.39 Å². The SMILES string of the molecule is Cc1cc2c(n1C(C)Cc1ccc(F)cc1)CCCC2O. The molecule has 2 nitrogen and oxygen atoms in total. The fourth-order valence-electron chi connectivity index (χ4n) is 3.57. The molecule has 1 aromatic carbocycles. The molecule has 0 aliphatic heterocycles. The van der Waals surface area contributed by atoms with Crippen LogP contribution in [0.3, 0.4) is 0 Å². The van der Waals surface area contributed by atoms with E-state index in [1.54, 1.807) is 0 Å². The van der Waals surface area contributed by atoms with Gasteiger partial charge in [-0.15, -0.1) is 0 Å². The lowest BCUT2D eigenvalue weighted by molar-refractivity contribution is 0.155. The van der Waals surface area contributed by atoms with Gasteiger partial charge in [0, 0.05) is 23.0 Å². The van der Waals surface area contributed by atoms with E-state index in [1.807, 2.05) is 12.1 Å². The van der Waals surface area contributed by atoms with Gasteiger partial charge in [-0.3, -0.25) is 0 Å². The van der Waals surface area contributed by atoms with E-state index < -0.39 is 0 Å². The van der Waals surface area contributed by atoms with Crippen LogP contribution >= 0.6 is 0 Å². The maximum Gasteiger partial charge on any atom is 0.123 e. The number of fused-ring (bicyclic) bond motifs is 1. The Labute approximate surface area is 125 Å². The minimum Gasteiger partial charge on any atom is -0.388 e. The van der Waals surface area contributed by atoms with Gasteiger partial charge < -0.3 is 9.67 Å². The second kappa shape index (κ2) is 5.64. The van der Waals surface area contributed by atoms with Crippen LogP contribution in [0, 0.1) is 12.7 Å². The molecule has 2 aromatic rings. The molecule has 3 heteroatoms. The summed E-state index contributed by atoms with van der Waals surface area (Å²) in [5.41, 5.74) is 4.73. The molecule has 2 unspecified atom stereocenters. The van der Waals surface area contributed by atoms with E-state index in [-0.39, 0.29) is 11.9 Å². The van der Waals surface area contributed by atoms with Crippen molar-refractivity contribution >= 4 is 0 Å². The van der Waals surface area contributed by atoms with Crippen LogP contribution in [-0.2, 0) is 12.8 Å². The smallest absolute Gasteiger partial charge is 0.123 e. The van der Waals surface area contributed by atoms with Crippen molar-refractivity contribution in [3.05, 3.63) is 58.7 Å². The van der Waals surface area contributed by atoms with Gasteiger partial charge in [-0.25, -0.2) is 4.39 Å². The second-order valence-electron chi connectivity index (χ2n) is 6.15. The predicted molar refractivity (Wildman–Crippen MR) is 81.9 cm³/mol. The Bertz CT molecular complexity index is 629. The van der Waals surface area contributed by atoms with Crippen molar-refractivity contribution in [3.8, 4) is 0 Å². The van der Waals surface area contributed by atoms with Gasteiger partial charge in [0.05, 0.1) is 6.10 Å². The first-order valence-electron chi connectivity index (χ1n) is 7.69. The van der Waals surface area contributed by atoms with Crippen molar-refractivity contribution in [2.75, 3.05) is 0 Å². The van der Waals surface area contributed by atoms with E-state index >= 15 is 0 Å². The van der Waals surface area contributed by atoms with Crippen LogP contribution < -0.4 is 0 Å². The summed E-state index contributed by atoms with van der Waals surface area (Å²) < 4.78 is 15.3. The Kier molecular flexibility index (Phi) is 3.85. The average Bonchev–Trinajstić information content (AvgIpc) is 2.79. The fraction of sp³-hybridized carbons (Fsp3) is 0.444. The van der Waals surface area contributed by atoms with Crippen LogP contribution in [0.15, 0.2) is 30.3 Å². The van der Waals surface area contributed by atoms with E-state index in [9.17, 15) is 9.50 Å². The number of benzene rings is 1. The Balaban J connectivity index is 1.88. The minimum atomic E-state index is -0.313. The van der Waals surface area contributed by atoms with Crippen molar-refractivity contribution in [1.82, 2.24) is 4.57 Å². The number of nitrogens with zero attached hydrogens (tertiary/aromatic N) is 1. The number of hydrogen-bond acceptors (Lipinski definition) is 1. The normalized spacial score (nSPS) is 19.3. The third kappa shape index (κ3) is 2.75. The Morgan fingerprint density at radius 1 is 1.33 bits per heavy atom. The van der Waals surface area contributed by atoms with Crippen LogP contribution in [0.1, 0.15) is 54.4 Å². The van der Waals surface area contributed by atoms with Gasteiger partial charge in [-0.2, -0.15) is 0 Å². The van der Waals surface area contributed by atoms with Crippen molar-refractivity contribution in [2.45, 2.75) is 51.7 Å². The highest BCUT2D eigenvalue weighted by Gasteiger charge is 2.24. The second-order valence-corrected chi connectivity index (χ2v) is 6.15. The van der Waals surface area contributed by atoms with Crippen molar-refractivity contribution in [3.63, 3.8) is 0 Å². The molecule has 0 amide bonds. The average molecular weight is 287 g/mol. The molecule has 3 rings (SSSR count). The first-order chi connectivity index (χ1) is 10.1. The molecule has 21 heavy (non-hydrogen) atoms. The zero-order valence-electron chi connectivity index (χ0n) is 12.6. The summed E-state index contributed by atoms with van der Waals surface area (Å²) in [6, 6.07) is 9.18.